The molecular weight excluding hydrogens is 276 g/mol. The van der Waals surface area contributed by atoms with Crippen molar-refractivity contribution in [2.75, 3.05) is 13.2 Å². The Labute approximate surface area is 133 Å². The van der Waals surface area contributed by atoms with Crippen LogP contribution in [0, 0.1) is 0 Å². The third kappa shape index (κ3) is 4.73. The van der Waals surface area contributed by atoms with Gasteiger partial charge in [-0.15, -0.1) is 0 Å². The summed E-state index contributed by atoms with van der Waals surface area (Å²) in [7, 11) is 0. The number of piperidine rings is 1. The van der Waals surface area contributed by atoms with Gasteiger partial charge in [0.25, 0.3) is 0 Å². The van der Waals surface area contributed by atoms with Crippen molar-refractivity contribution < 1.29 is 9.53 Å². The van der Waals surface area contributed by atoms with Gasteiger partial charge < -0.3 is 15.4 Å². The summed E-state index contributed by atoms with van der Waals surface area (Å²) < 4.78 is 5.57. The van der Waals surface area contributed by atoms with Crippen molar-refractivity contribution in [3.05, 3.63) is 29.8 Å². The van der Waals surface area contributed by atoms with E-state index in [1.165, 1.54) is 5.56 Å². The van der Waals surface area contributed by atoms with Crippen molar-refractivity contribution >= 4 is 5.91 Å². The molecule has 0 radical (unpaired) electrons. The van der Waals surface area contributed by atoms with Crippen LogP contribution in [0.15, 0.2) is 24.3 Å². The van der Waals surface area contributed by atoms with Crippen molar-refractivity contribution in [1.82, 2.24) is 4.90 Å². The zero-order chi connectivity index (χ0) is 15.9. The molecule has 4 heteroatoms. The standard InChI is InChI=1S/C18H28N2O2/c1-3-12-22-17-7-4-15(5-8-17)6-9-18(21)20-11-10-16(19)13-14(20)2/h4-5,7-8,14,16H,3,6,9-13,19H2,1-2H3/t14-,16+/m1/s1. The van der Waals surface area contributed by atoms with Gasteiger partial charge in [0.2, 0.25) is 5.91 Å². The molecular formula is C18H28N2O2. The largest absolute Gasteiger partial charge is 0.494 e. The number of nitrogens with two attached hydrogens (primary N) is 1. The Morgan fingerprint density at radius 3 is 2.73 bits per heavy atom. The van der Waals surface area contributed by atoms with Gasteiger partial charge in [-0.2, -0.15) is 0 Å². The van der Waals surface area contributed by atoms with Gasteiger partial charge >= 0.3 is 0 Å². The molecule has 1 aromatic rings. The van der Waals surface area contributed by atoms with E-state index in [1.807, 2.05) is 29.2 Å². The van der Waals surface area contributed by atoms with E-state index in [0.717, 1.165) is 44.6 Å². The van der Waals surface area contributed by atoms with Gasteiger partial charge in [-0.1, -0.05) is 19.1 Å². The van der Waals surface area contributed by atoms with E-state index in [1.54, 1.807) is 0 Å². The molecule has 0 aliphatic carbocycles. The van der Waals surface area contributed by atoms with Crippen LogP contribution < -0.4 is 10.5 Å². The summed E-state index contributed by atoms with van der Waals surface area (Å²) in [4.78, 5) is 14.3. The first-order chi connectivity index (χ1) is 10.6. The summed E-state index contributed by atoms with van der Waals surface area (Å²) in [6.07, 6.45) is 4.18. The lowest BCUT2D eigenvalue weighted by atomic mass is 9.98. The maximum atomic E-state index is 12.4. The predicted molar refractivity (Wildman–Crippen MR) is 88.9 cm³/mol. The molecule has 2 atom stereocenters. The minimum absolute atomic E-state index is 0.241. The maximum Gasteiger partial charge on any atom is 0.223 e. The highest BCUT2D eigenvalue weighted by Gasteiger charge is 2.26. The summed E-state index contributed by atoms with van der Waals surface area (Å²) in [6, 6.07) is 8.58. The van der Waals surface area contributed by atoms with Crippen molar-refractivity contribution in [3.8, 4) is 5.75 Å². The first-order valence-corrected chi connectivity index (χ1v) is 8.37. The molecule has 1 saturated heterocycles. The van der Waals surface area contributed by atoms with E-state index in [4.69, 9.17) is 10.5 Å². The molecule has 0 bridgehead atoms. The molecule has 0 saturated carbocycles. The second-order valence-electron chi connectivity index (χ2n) is 6.21. The second kappa shape index (κ2) is 8.18. The van der Waals surface area contributed by atoms with E-state index in [0.29, 0.717) is 6.42 Å². The van der Waals surface area contributed by atoms with E-state index in [9.17, 15) is 4.79 Å². The minimum atomic E-state index is 0.241. The van der Waals surface area contributed by atoms with Crippen molar-refractivity contribution in [2.24, 2.45) is 5.73 Å². The molecule has 22 heavy (non-hydrogen) atoms. The van der Waals surface area contributed by atoms with Crippen LogP contribution in [0.5, 0.6) is 5.75 Å². The fraction of sp³-hybridized carbons (Fsp3) is 0.611. The van der Waals surface area contributed by atoms with Gasteiger partial charge in [0, 0.05) is 25.0 Å². The Kier molecular flexibility index (Phi) is 6.25. The average Bonchev–Trinajstić information content (AvgIpc) is 2.51. The molecule has 4 nitrogen and oxygen atoms in total. The highest BCUT2D eigenvalue weighted by atomic mass is 16.5. The molecule has 0 aromatic heterocycles. The van der Waals surface area contributed by atoms with Crippen LogP contribution in [0.4, 0.5) is 0 Å². The van der Waals surface area contributed by atoms with E-state index in [2.05, 4.69) is 13.8 Å². The first-order valence-electron chi connectivity index (χ1n) is 8.37. The number of aryl methyl sites for hydroxylation is 1. The van der Waals surface area contributed by atoms with Gasteiger partial charge in [-0.25, -0.2) is 0 Å². The second-order valence-corrected chi connectivity index (χ2v) is 6.21. The lowest BCUT2D eigenvalue weighted by Gasteiger charge is -2.36. The van der Waals surface area contributed by atoms with Crippen LogP contribution in [-0.2, 0) is 11.2 Å². The third-order valence-electron chi connectivity index (χ3n) is 4.26. The van der Waals surface area contributed by atoms with Crippen LogP contribution >= 0.6 is 0 Å². The molecule has 1 aliphatic heterocycles. The fourth-order valence-corrected chi connectivity index (χ4v) is 2.95. The Morgan fingerprint density at radius 2 is 2.09 bits per heavy atom. The Morgan fingerprint density at radius 1 is 1.36 bits per heavy atom. The molecule has 2 N–H and O–H groups in total. The molecule has 0 unspecified atom stereocenters. The number of rotatable bonds is 6. The SMILES string of the molecule is CCCOc1ccc(CCC(=O)N2CC[C@H](N)C[C@H]2C)cc1. The van der Waals surface area contributed by atoms with Crippen LogP contribution in [0.3, 0.4) is 0 Å². The molecule has 1 fully saturated rings. The number of hydrogen-bond donors (Lipinski definition) is 1. The zero-order valence-electron chi connectivity index (χ0n) is 13.8. The Hall–Kier alpha value is -1.55. The number of hydrogen-bond acceptors (Lipinski definition) is 3. The lowest BCUT2D eigenvalue weighted by Crippen LogP contribution is -2.48. The number of carbonyl (C=O) groups is 1. The van der Waals surface area contributed by atoms with Crippen molar-refractivity contribution in [1.29, 1.82) is 0 Å². The van der Waals surface area contributed by atoms with Crippen LogP contribution in [0.1, 0.15) is 45.1 Å². The molecule has 1 amide bonds. The highest BCUT2D eigenvalue weighted by Crippen LogP contribution is 2.18. The number of ether oxygens (including phenoxy) is 1. The minimum Gasteiger partial charge on any atom is -0.494 e. The van der Waals surface area contributed by atoms with E-state index >= 15 is 0 Å². The van der Waals surface area contributed by atoms with Crippen LogP contribution in [-0.4, -0.2) is 36.0 Å². The average molecular weight is 304 g/mol. The number of likely N-dealkylation sites (tertiary alicyclic amines) is 1. The van der Waals surface area contributed by atoms with E-state index < -0.39 is 0 Å². The first kappa shape index (κ1) is 16.8. The molecule has 2 rings (SSSR count). The molecule has 0 spiro atoms. The molecule has 1 aliphatic rings. The van der Waals surface area contributed by atoms with Gasteiger partial charge in [-0.3, -0.25) is 4.79 Å². The Bertz CT molecular complexity index is 472. The van der Waals surface area contributed by atoms with Gasteiger partial charge in [0.1, 0.15) is 5.75 Å². The topological polar surface area (TPSA) is 55.6 Å². The van der Waals surface area contributed by atoms with Crippen LogP contribution in [0.25, 0.3) is 0 Å². The maximum absolute atomic E-state index is 12.4. The predicted octanol–water partition coefficient (Wildman–Crippen LogP) is 2.75. The summed E-state index contributed by atoms with van der Waals surface area (Å²) in [5, 5.41) is 0. The lowest BCUT2D eigenvalue weighted by molar-refractivity contribution is -0.134. The third-order valence-corrected chi connectivity index (χ3v) is 4.26. The summed E-state index contributed by atoms with van der Waals surface area (Å²) in [6.45, 7) is 5.73. The number of carbonyl (C=O) groups excluding carboxylic acids is 1. The van der Waals surface area contributed by atoms with Gasteiger partial charge in [0.15, 0.2) is 0 Å². The molecule has 1 aromatic carbocycles. The summed E-state index contributed by atoms with van der Waals surface area (Å²) in [5.74, 6) is 1.14. The monoisotopic (exact) mass is 304 g/mol. The normalized spacial score (nSPS) is 21.7. The number of benzene rings is 1. The summed E-state index contributed by atoms with van der Waals surface area (Å²) >= 11 is 0. The van der Waals surface area contributed by atoms with Gasteiger partial charge in [-0.05, 0) is 50.3 Å². The quantitative estimate of drug-likeness (QED) is 0.879. The summed E-state index contributed by atoms with van der Waals surface area (Å²) in [5.41, 5.74) is 7.13. The molecule has 122 valence electrons. The Balaban J connectivity index is 1.80. The number of amides is 1. The molecule has 1 heterocycles. The van der Waals surface area contributed by atoms with Crippen molar-refractivity contribution in [2.45, 2.75) is 58.0 Å². The smallest absolute Gasteiger partial charge is 0.223 e. The fourth-order valence-electron chi connectivity index (χ4n) is 2.95. The zero-order valence-corrected chi connectivity index (χ0v) is 13.8. The van der Waals surface area contributed by atoms with E-state index in [-0.39, 0.29) is 18.0 Å². The van der Waals surface area contributed by atoms with Gasteiger partial charge in [0.05, 0.1) is 6.61 Å². The van der Waals surface area contributed by atoms with Crippen molar-refractivity contribution in [3.63, 3.8) is 0 Å². The number of nitrogens with zero attached hydrogens (tertiary/aromatic N) is 1. The van der Waals surface area contributed by atoms with Crippen LogP contribution in [0.2, 0.25) is 0 Å². The highest BCUT2D eigenvalue weighted by molar-refractivity contribution is 5.76.